The zero-order chi connectivity index (χ0) is 19.8. The lowest BCUT2D eigenvalue weighted by atomic mass is 10.0. The van der Waals surface area contributed by atoms with Gasteiger partial charge in [-0.2, -0.15) is 0 Å². The van der Waals surface area contributed by atoms with E-state index in [4.69, 9.17) is 9.72 Å². The molecule has 0 saturated carbocycles. The highest BCUT2D eigenvalue weighted by molar-refractivity contribution is 14.1. The van der Waals surface area contributed by atoms with Crippen LogP contribution in [-0.2, 0) is 22.7 Å². The normalized spacial score (nSPS) is 11.9. The van der Waals surface area contributed by atoms with Gasteiger partial charge in [-0.15, -0.1) is 0 Å². The largest absolute Gasteiger partial charge is 0.460 e. The molecule has 0 radical (unpaired) electrons. The number of halogens is 1. The van der Waals surface area contributed by atoms with E-state index in [1.165, 1.54) is 0 Å². The molecule has 0 amide bonds. The highest BCUT2D eigenvalue weighted by atomic mass is 127. The van der Waals surface area contributed by atoms with Crippen molar-refractivity contribution in [2.45, 2.75) is 26.5 Å². The van der Waals surface area contributed by atoms with Crippen molar-refractivity contribution < 1.29 is 14.3 Å². The SMILES string of the molecule is CCC(=O)c1cc2n(c(=O)c1COC(=O)CI)Cc1cc3ccccc3nc1-2. The molecule has 28 heavy (non-hydrogen) atoms. The van der Waals surface area contributed by atoms with Gasteiger partial charge in [0.05, 0.1) is 33.4 Å². The van der Waals surface area contributed by atoms with Gasteiger partial charge in [0.1, 0.15) is 6.61 Å². The lowest BCUT2D eigenvalue weighted by Crippen LogP contribution is -2.27. The molecule has 3 heterocycles. The fourth-order valence-electron chi connectivity index (χ4n) is 3.48. The monoisotopic (exact) mass is 488 g/mol. The first-order valence-corrected chi connectivity index (χ1v) is 10.5. The smallest absolute Gasteiger partial charge is 0.316 e. The molecule has 1 aromatic carbocycles. The number of benzene rings is 1. The van der Waals surface area contributed by atoms with Crippen LogP contribution in [0.2, 0.25) is 0 Å². The van der Waals surface area contributed by atoms with E-state index in [9.17, 15) is 14.4 Å². The van der Waals surface area contributed by atoms with Crippen LogP contribution in [0.15, 0.2) is 41.2 Å². The summed E-state index contributed by atoms with van der Waals surface area (Å²) in [6.07, 6.45) is 0.258. The Hall–Kier alpha value is -2.55. The van der Waals surface area contributed by atoms with Crippen LogP contribution in [0.1, 0.15) is 34.8 Å². The van der Waals surface area contributed by atoms with Gasteiger partial charge in [-0.3, -0.25) is 14.4 Å². The first-order valence-electron chi connectivity index (χ1n) is 8.94. The van der Waals surface area contributed by atoms with Crippen LogP contribution in [0.3, 0.4) is 0 Å². The number of pyridine rings is 2. The minimum absolute atomic E-state index is 0.157. The van der Waals surface area contributed by atoms with E-state index in [2.05, 4.69) is 0 Å². The van der Waals surface area contributed by atoms with E-state index in [1.807, 2.05) is 52.9 Å². The number of ketones is 1. The van der Waals surface area contributed by atoms with Crippen molar-refractivity contribution in [1.82, 2.24) is 9.55 Å². The lowest BCUT2D eigenvalue weighted by molar-refractivity contribution is -0.141. The summed E-state index contributed by atoms with van der Waals surface area (Å²) in [5.41, 5.74) is 3.35. The van der Waals surface area contributed by atoms with E-state index in [-0.39, 0.29) is 34.4 Å². The van der Waals surface area contributed by atoms with Crippen LogP contribution in [0.5, 0.6) is 0 Å². The van der Waals surface area contributed by atoms with Crippen LogP contribution >= 0.6 is 22.6 Å². The second kappa shape index (κ2) is 7.46. The maximum Gasteiger partial charge on any atom is 0.316 e. The summed E-state index contributed by atoms with van der Waals surface area (Å²) < 4.78 is 6.96. The number of nitrogens with zero attached hydrogens (tertiary/aromatic N) is 2. The highest BCUT2D eigenvalue weighted by Crippen LogP contribution is 2.32. The summed E-state index contributed by atoms with van der Waals surface area (Å²) in [5, 5.41) is 1.00. The third-order valence-corrected chi connectivity index (χ3v) is 5.51. The molecule has 0 bridgehead atoms. The van der Waals surface area contributed by atoms with Crippen molar-refractivity contribution in [3.8, 4) is 11.4 Å². The third kappa shape index (κ3) is 3.13. The summed E-state index contributed by atoms with van der Waals surface area (Å²) in [6.45, 7) is 1.93. The third-order valence-electron chi connectivity index (χ3n) is 4.88. The zero-order valence-electron chi connectivity index (χ0n) is 15.2. The molecule has 0 atom stereocenters. The van der Waals surface area contributed by atoms with Gasteiger partial charge in [-0.25, -0.2) is 4.98 Å². The lowest BCUT2D eigenvalue weighted by Gasteiger charge is -2.12. The Kier molecular flexibility index (Phi) is 5.01. The Labute approximate surface area is 174 Å². The fourth-order valence-corrected chi connectivity index (χ4v) is 3.70. The molecule has 0 saturated heterocycles. The van der Waals surface area contributed by atoms with Gasteiger partial charge in [-0.1, -0.05) is 47.7 Å². The van der Waals surface area contributed by atoms with Crippen molar-refractivity contribution in [2.24, 2.45) is 0 Å². The topological polar surface area (TPSA) is 78.3 Å². The van der Waals surface area contributed by atoms with E-state index in [1.54, 1.807) is 17.6 Å². The van der Waals surface area contributed by atoms with Crippen molar-refractivity contribution >= 4 is 45.2 Å². The van der Waals surface area contributed by atoms with Gasteiger partial charge in [-0.05, 0) is 18.2 Å². The Balaban J connectivity index is 1.89. The zero-order valence-corrected chi connectivity index (χ0v) is 17.4. The molecule has 4 rings (SSSR count). The molecule has 2 aromatic heterocycles. The van der Waals surface area contributed by atoms with Crippen molar-refractivity contribution in [1.29, 1.82) is 0 Å². The van der Waals surface area contributed by atoms with E-state index in [0.29, 0.717) is 17.8 Å². The number of ether oxygens (including phenoxy) is 1. The second-order valence-corrected chi connectivity index (χ2v) is 7.34. The van der Waals surface area contributed by atoms with Crippen molar-refractivity contribution in [2.75, 3.05) is 4.43 Å². The number of esters is 1. The van der Waals surface area contributed by atoms with Crippen LogP contribution in [0.25, 0.3) is 22.3 Å². The number of fused-ring (bicyclic) bond motifs is 4. The van der Waals surface area contributed by atoms with E-state index < -0.39 is 5.97 Å². The van der Waals surface area contributed by atoms with E-state index in [0.717, 1.165) is 22.2 Å². The first-order chi connectivity index (χ1) is 13.5. The number of hydrogen-bond acceptors (Lipinski definition) is 5. The molecule has 1 aliphatic heterocycles. The Bertz CT molecular complexity index is 1180. The Morgan fingerprint density at radius 2 is 2.04 bits per heavy atom. The first kappa shape index (κ1) is 18.8. The van der Waals surface area contributed by atoms with Gasteiger partial charge >= 0.3 is 5.97 Å². The molecule has 0 spiro atoms. The number of alkyl halides is 1. The molecule has 0 N–H and O–H groups in total. The molecule has 142 valence electrons. The molecular formula is C21H17IN2O4. The van der Waals surface area contributed by atoms with Gasteiger partial charge < -0.3 is 9.30 Å². The average molecular weight is 488 g/mol. The van der Waals surface area contributed by atoms with Crippen LogP contribution in [0, 0.1) is 0 Å². The van der Waals surface area contributed by atoms with Gasteiger partial charge in [0, 0.05) is 22.9 Å². The summed E-state index contributed by atoms with van der Waals surface area (Å²) in [6, 6.07) is 11.5. The van der Waals surface area contributed by atoms with Gasteiger partial charge in [0.25, 0.3) is 5.56 Å². The van der Waals surface area contributed by atoms with Crippen molar-refractivity contribution in [3.63, 3.8) is 0 Å². The number of rotatable bonds is 5. The molecular weight excluding hydrogens is 471 g/mol. The quantitative estimate of drug-likeness (QED) is 0.186. The molecule has 0 aliphatic carbocycles. The van der Waals surface area contributed by atoms with Gasteiger partial charge in [0.2, 0.25) is 0 Å². The number of para-hydroxylation sites is 1. The van der Waals surface area contributed by atoms with E-state index >= 15 is 0 Å². The number of aromatic nitrogens is 2. The van der Waals surface area contributed by atoms with Gasteiger partial charge in [0.15, 0.2) is 5.78 Å². The predicted molar refractivity (Wildman–Crippen MR) is 114 cm³/mol. The van der Waals surface area contributed by atoms with Crippen LogP contribution < -0.4 is 5.56 Å². The maximum atomic E-state index is 13.2. The molecule has 0 fully saturated rings. The standard InChI is InChI=1S/C21H17IN2O4/c1-2-18(25)14-8-17-20-13(7-12-5-3-4-6-16(12)23-20)10-24(17)21(27)15(14)11-28-19(26)9-22/h3-8H,2,9-11H2,1H3. The highest BCUT2D eigenvalue weighted by Gasteiger charge is 2.27. The Morgan fingerprint density at radius 1 is 1.25 bits per heavy atom. The average Bonchev–Trinajstić information content (AvgIpc) is 3.08. The molecule has 3 aromatic rings. The maximum absolute atomic E-state index is 13.2. The minimum atomic E-state index is -0.420. The molecule has 1 aliphatic rings. The summed E-state index contributed by atoms with van der Waals surface area (Å²) in [4.78, 5) is 42.0. The summed E-state index contributed by atoms with van der Waals surface area (Å²) in [5.74, 6) is -0.577. The summed E-state index contributed by atoms with van der Waals surface area (Å²) >= 11 is 1.90. The number of Topliss-reactive ketones (excluding diaryl/α,β-unsaturated/α-hetero) is 1. The number of carbonyl (C=O) groups is 2. The second-order valence-electron chi connectivity index (χ2n) is 6.57. The fraction of sp³-hybridized carbons (Fsp3) is 0.238. The number of hydrogen-bond donors (Lipinski definition) is 0. The minimum Gasteiger partial charge on any atom is -0.460 e. The molecule has 6 nitrogen and oxygen atoms in total. The van der Waals surface area contributed by atoms with Crippen molar-refractivity contribution in [3.05, 3.63) is 63.4 Å². The predicted octanol–water partition coefficient (Wildman–Crippen LogP) is 3.50. The van der Waals surface area contributed by atoms with Crippen LogP contribution in [-0.4, -0.2) is 25.7 Å². The number of carbonyl (C=O) groups excluding carboxylic acids is 2. The summed E-state index contributed by atoms with van der Waals surface area (Å²) in [7, 11) is 0. The Morgan fingerprint density at radius 3 is 2.79 bits per heavy atom. The molecule has 0 unspecified atom stereocenters. The van der Waals surface area contributed by atoms with Crippen LogP contribution in [0.4, 0.5) is 0 Å². The molecule has 7 heteroatoms.